The van der Waals surface area contributed by atoms with Gasteiger partial charge in [0, 0.05) is 11.6 Å². The lowest BCUT2D eigenvalue weighted by Gasteiger charge is -2.11. The van der Waals surface area contributed by atoms with E-state index in [9.17, 15) is 8.42 Å². The number of hydrogen-bond acceptors (Lipinski definition) is 3. The maximum atomic E-state index is 11.7. The number of rotatable bonds is 6. The van der Waals surface area contributed by atoms with Gasteiger partial charge in [-0.05, 0) is 23.6 Å². The Morgan fingerprint density at radius 1 is 1.47 bits per heavy atom. The molecule has 0 aliphatic heterocycles. The van der Waals surface area contributed by atoms with Crippen molar-refractivity contribution in [1.29, 1.82) is 0 Å². The molecule has 0 spiro atoms. The standard InChI is InChI=1S/C11H16ClNO3S/c1-9(6-12)8-17(15,16)13-11-4-2-3-10(5-11)7-14/h2-5,9,13-14H,6-8H2,1H3. The Balaban J connectivity index is 2.75. The van der Waals surface area contributed by atoms with Gasteiger partial charge < -0.3 is 5.11 Å². The number of halogens is 1. The first-order valence-corrected chi connectivity index (χ1v) is 7.42. The summed E-state index contributed by atoms with van der Waals surface area (Å²) in [5.41, 5.74) is 1.12. The van der Waals surface area contributed by atoms with Crippen molar-refractivity contribution in [2.45, 2.75) is 13.5 Å². The summed E-state index contributed by atoms with van der Waals surface area (Å²) in [4.78, 5) is 0. The van der Waals surface area contributed by atoms with Gasteiger partial charge in [-0.15, -0.1) is 11.6 Å². The third-order valence-electron chi connectivity index (χ3n) is 2.15. The van der Waals surface area contributed by atoms with Crippen LogP contribution in [-0.2, 0) is 16.6 Å². The van der Waals surface area contributed by atoms with Crippen LogP contribution in [0.15, 0.2) is 24.3 Å². The molecule has 0 amide bonds. The second-order valence-electron chi connectivity index (χ2n) is 4.00. The highest BCUT2D eigenvalue weighted by Gasteiger charge is 2.15. The number of benzene rings is 1. The van der Waals surface area contributed by atoms with Gasteiger partial charge in [0.2, 0.25) is 10.0 Å². The lowest BCUT2D eigenvalue weighted by atomic mass is 10.2. The molecular formula is C11H16ClNO3S. The van der Waals surface area contributed by atoms with E-state index in [4.69, 9.17) is 16.7 Å². The first kappa shape index (κ1) is 14.3. The van der Waals surface area contributed by atoms with Crippen molar-refractivity contribution in [2.24, 2.45) is 5.92 Å². The average molecular weight is 278 g/mol. The smallest absolute Gasteiger partial charge is 0.233 e. The van der Waals surface area contributed by atoms with Crippen molar-refractivity contribution in [3.8, 4) is 0 Å². The van der Waals surface area contributed by atoms with Crippen molar-refractivity contribution < 1.29 is 13.5 Å². The molecule has 1 aromatic rings. The van der Waals surface area contributed by atoms with Crippen LogP contribution in [0.4, 0.5) is 5.69 Å². The minimum Gasteiger partial charge on any atom is -0.392 e. The largest absolute Gasteiger partial charge is 0.392 e. The van der Waals surface area contributed by atoms with Crippen molar-refractivity contribution in [3.63, 3.8) is 0 Å². The molecule has 0 heterocycles. The molecule has 0 aromatic heterocycles. The van der Waals surface area contributed by atoms with Crippen LogP contribution in [-0.4, -0.2) is 25.2 Å². The van der Waals surface area contributed by atoms with Crippen LogP contribution in [0.1, 0.15) is 12.5 Å². The molecular weight excluding hydrogens is 262 g/mol. The second kappa shape index (κ2) is 6.23. The Morgan fingerprint density at radius 2 is 2.18 bits per heavy atom. The van der Waals surface area contributed by atoms with Crippen molar-refractivity contribution >= 4 is 27.3 Å². The van der Waals surface area contributed by atoms with Crippen LogP contribution < -0.4 is 4.72 Å². The molecule has 0 aliphatic carbocycles. The molecule has 17 heavy (non-hydrogen) atoms. The fourth-order valence-electron chi connectivity index (χ4n) is 1.37. The SMILES string of the molecule is CC(CCl)CS(=O)(=O)Nc1cccc(CO)c1. The van der Waals surface area contributed by atoms with Gasteiger partial charge in [0.15, 0.2) is 0 Å². The number of aliphatic hydroxyl groups is 1. The zero-order chi connectivity index (χ0) is 12.9. The molecule has 0 fully saturated rings. The van der Waals surface area contributed by atoms with Crippen LogP contribution in [0.25, 0.3) is 0 Å². The van der Waals surface area contributed by atoms with E-state index in [1.54, 1.807) is 31.2 Å². The maximum Gasteiger partial charge on any atom is 0.233 e. The van der Waals surface area contributed by atoms with E-state index < -0.39 is 10.0 Å². The third-order valence-corrected chi connectivity index (χ3v) is 4.23. The number of aliphatic hydroxyl groups excluding tert-OH is 1. The van der Waals surface area contributed by atoms with E-state index in [0.717, 1.165) is 0 Å². The maximum absolute atomic E-state index is 11.7. The van der Waals surface area contributed by atoms with E-state index in [-0.39, 0.29) is 18.3 Å². The van der Waals surface area contributed by atoms with E-state index in [2.05, 4.69) is 4.72 Å². The molecule has 0 bridgehead atoms. The van der Waals surface area contributed by atoms with Crippen molar-refractivity contribution in [2.75, 3.05) is 16.4 Å². The van der Waals surface area contributed by atoms with Crippen molar-refractivity contribution in [1.82, 2.24) is 0 Å². The first-order chi connectivity index (χ1) is 7.96. The number of alkyl halides is 1. The fourth-order valence-corrected chi connectivity index (χ4v) is 3.05. The lowest BCUT2D eigenvalue weighted by Crippen LogP contribution is -2.22. The molecule has 1 unspecified atom stereocenters. The van der Waals surface area contributed by atoms with E-state index in [1.165, 1.54) is 0 Å². The normalized spacial score (nSPS) is 13.4. The predicted molar refractivity (Wildman–Crippen MR) is 69.7 cm³/mol. The Labute approximate surface area is 107 Å². The van der Waals surface area contributed by atoms with E-state index in [0.29, 0.717) is 17.1 Å². The quantitative estimate of drug-likeness (QED) is 0.779. The summed E-state index contributed by atoms with van der Waals surface area (Å²) >= 11 is 5.58. The molecule has 1 atom stereocenters. The van der Waals surface area contributed by atoms with Gasteiger partial charge in [-0.1, -0.05) is 19.1 Å². The highest BCUT2D eigenvalue weighted by atomic mass is 35.5. The van der Waals surface area contributed by atoms with Gasteiger partial charge in [-0.3, -0.25) is 4.72 Å². The molecule has 6 heteroatoms. The molecule has 2 N–H and O–H groups in total. The van der Waals surface area contributed by atoms with Crippen LogP contribution in [0.2, 0.25) is 0 Å². The summed E-state index contributed by atoms with van der Waals surface area (Å²) in [5.74, 6) is 0.187. The highest BCUT2D eigenvalue weighted by Crippen LogP contribution is 2.14. The van der Waals surface area contributed by atoms with E-state index >= 15 is 0 Å². The number of anilines is 1. The molecule has 0 saturated carbocycles. The van der Waals surface area contributed by atoms with Crippen LogP contribution >= 0.6 is 11.6 Å². The third kappa shape index (κ3) is 4.93. The van der Waals surface area contributed by atoms with Crippen LogP contribution in [0, 0.1) is 5.92 Å². The Hall–Kier alpha value is -0.780. The monoisotopic (exact) mass is 277 g/mol. The molecule has 4 nitrogen and oxygen atoms in total. The molecule has 1 rings (SSSR count). The Kier molecular flexibility index (Phi) is 5.24. The summed E-state index contributed by atoms with van der Waals surface area (Å²) in [7, 11) is -3.39. The second-order valence-corrected chi connectivity index (χ2v) is 6.08. The molecule has 1 aromatic carbocycles. The first-order valence-electron chi connectivity index (χ1n) is 5.23. The van der Waals surface area contributed by atoms with Gasteiger partial charge in [0.1, 0.15) is 0 Å². The molecule has 0 aliphatic rings. The van der Waals surface area contributed by atoms with Gasteiger partial charge in [0.25, 0.3) is 0 Å². The van der Waals surface area contributed by atoms with Crippen LogP contribution in [0.3, 0.4) is 0 Å². The number of sulfonamides is 1. The minimum atomic E-state index is -3.39. The fraction of sp³-hybridized carbons (Fsp3) is 0.455. The summed E-state index contributed by atoms with van der Waals surface area (Å²) in [5, 5.41) is 8.95. The van der Waals surface area contributed by atoms with Crippen molar-refractivity contribution in [3.05, 3.63) is 29.8 Å². The summed E-state index contributed by atoms with van der Waals surface area (Å²) < 4.78 is 25.9. The summed E-state index contributed by atoms with van der Waals surface area (Å²) in [6.07, 6.45) is 0. The van der Waals surface area contributed by atoms with Crippen LogP contribution in [0.5, 0.6) is 0 Å². The molecule has 0 saturated heterocycles. The predicted octanol–water partition coefficient (Wildman–Crippen LogP) is 1.80. The lowest BCUT2D eigenvalue weighted by molar-refractivity contribution is 0.282. The van der Waals surface area contributed by atoms with Gasteiger partial charge >= 0.3 is 0 Å². The molecule has 96 valence electrons. The van der Waals surface area contributed by atoms with Gasteiger partial charge in [-0.2, -0.15) is 0 Å². The minimum absolute atomic E-state index is 0.0140. The van der Waals surface area contributed by atoms with E-state index in [1.807, 2.05) is 0 Å². The summed E-state index contributed by atoms with van der Waals surface area (Å²) in [6.45, 7) is 1.66. The zero-order valence-corrected chi connectivity index (χ0v) is 11.1. The Morgan fingerprint density at radius 3 is 2.76 bits per heavy atom. The Bertz CT molecular complexity index is 462. The summed E-state index contributed by atoms with van der Waals surface area (Å²) in [6, 6.07) is 6.65. The van der Waals surface area contributed by atoms with Gasteiger partial charge in [-0.25, -0.2) is 8.42 Å². The number of nitrogens with one attached hydrogen (secondary N) is 1. The molecule has 0 radical (unpaired) electrons. The highest BCUT2D eigenvalue weighted by molar-refractivity contribution is 7.92. The topological polar surface area (TPSA) is 66.4 Å². The zero-order valence-electron chi connectivity index (χ0n) is 9.56. The van der Waals surface area contributed by atoms with Gasteiger partial charge in [0.05, 0.1) is 12.4 Å². The average Bonchev–Trinajstić information content (AvgIpc) is 2.27. The number of hydrogen-bond donors (Lipinski definition) is 2.